The highest BCUT2D eigenvalue weighted by Gasteiger charge is 2.19. The molecule has 106 valence electrons. The zero-order chi connectivity index (χ0) is 14.1. The highest BCUT2D eigenvalue weighted by atomic mass is 79.9. The number of pyridine rings is 1. The number of fused-ring (bicyclic) bond motifs is 2. The van der Waals surface area contributed by atoms with Crippen molar-refractivity contribution in [2.24, 2.45) is 0 Å². The number of anilines is 1. The van der Waals surface area contributed by atoms with Crippen molar-refractivity contribution in [1.29, 1.82) is 0 Å². The Labute approximate surface area is 129 Å². The van der Waals surface area contributed by atoms with E-state index < -0.39 is 0 Å². The first-order valence-electron chi connectivity index (χ1n) is 7.56. The molecule has 1 aromatic carbocycles. The van der Waals surface area contributed by atoms with Crippen LogP contribution in [0.25, 0.3) is 10.9 Å². The van der Waals surface area contributed by atoms with Gasteiger partial charge in [-0.25, -0.2) is 0 Å². The van der Waals surface area contributed by atoms with Crippen LogP contribution < -0.4 is 5.32 Å². The summed E-state index contributed by atoms with van der Waals surface area (Å²) in [5, 5.41) is 4.93. The van der Waals surface area contributed by atoms with Crippen LogP contribution in [0.2, 0.25) is 0 Å². The number of benzene rings is 1. The van der Waals surface area contributed by atoms with E-state index in [2.05, 4.69) is 47.2 Å². The summed E-state index contributed by atoms with van der Waals surface area (Å²) in [6.45, 7) is 5.39. The van der Waals surface area contributed by atoms with Gasteiger partial charge in [0.25, 0.3) is 0 Å². The number of halogens is 1. The first kappa shape index (κ1) is 13.9. The molecule has 1 aliphatic carbocycles. The zero-order valence-electron chi connectivity index (χ0n) is 12.2. The van der Waals surface area contributed by atoms with E-state index in [-0.39, 0.29) is 0 Å². The molecule has 0 saturated heterocycles. The molecular weight excluding hydrogens is 312 g/mol. The first-order valence-corrected chi connectivity index (χ1v) is 8.36. The van der Waals surface area contributed by atoms with Crippen molar-refractivity contribution in [3.8, 4) is 0 Å². The maximum Gasteiger partial charge on any atom is 0.0766 e. The third kappa shape index (κ3) is 2.32. The van der Waals surface area contributed by atoms with Crippen LogP contribution in [0.1, 0.15) is 43.0 Å². The largest absolute Gasteiger partial charge is 0.384 e. The molecule has 0 amide bonds. The predicted molar refractivity (Wildman–Crippen MR) is 89.6 cm³/mol. The molecule has 3 rings (SSSR count). The summed E-state index contributed by atoms with van der Waals surface area (Å²) in [6.07, 6.45) is 5.99. The highest BCUT2D eigenvalue weighted by Crippen LogP contribution is 2.36. The fourth-order valence-corrected chi connectivity index (χ4v) is 3.37. The Hall–Kier alpha value is -1.09. The van der Waals surface area contributed by atoms with Gasteiger partial charge >= 0.3 is 0 Å². The van der Waals surface area contributed by atoms with Crippen LogP contribution in [0, 0.1) is 6.92 Å². The SMILES string of the molecule is CCCNc1c2c(nc3c(C)c(Br)ccc13)CCCC2. The molecule has 2 nitrogen and oxygen atoms in total. The maximum absolute atomic E-state index is 4.97. The Bertz CT molecular complexity index is 649. The van der Waals surface area contributed by atoms with E-state index in [9.17, 15) is 0 Å². The predicted octanol–water partition coefficient (Wildman–Crippen LogP) is 5.01. The van der Waals surface area contributed by atoms with Gasteiger partial charge in [-0.05, 0) is 62.3 Å². The lowest BCUT2D eigenvalue weighted by Gasteiger charge is -2.22. The number of aryl methyl sites for hydroxylation is 2. The maximum atomic E-state index is 4.97. The normalized spacial score (nSPS) is 14.3. The van der Waals surface area contributed by atoms with E-state index in [4.69, 9.17) is 4.98 Å². The number of hydrogen-bond acceptors (Lipinski definition) is 2. The number of hydrogen-bond donors (Lipinski definition) is 1. The average Bonchev–Trinajstić information content (AvgIpc) is 2.48. The van der Waals surface area contributed by atoms with E-state index in [1.165, 1.54) is 47.2 Å². The molecule has 1 N–H and O–H groups in total. The second-order valence-electron chi connectivity index (χ2n) is 5.61. The molecule has 20 heavy (non-hydrogen) atoms. The van der Waals surface area contributed by atoms with E-state index in [1.807, 2.05) is 0 Å². The molecule has 0 bridgehead atoms. The van der Waals surface area contributed by atoms with Gasteiger partial charge in [-0.2, -0.15) is 0 Å². The minimum absolute atomic E-state index is 1.03. The number of rotatable bonds is 3. The van der Waals surface area contributed by atoms with E-state index in [0.717, 1.165) is 29.4 Å². The fourth-order valence-electron chi connectivity index (χ4n) is 3.05. The quantitative estimate of drug-likeness (QED) is 0.854. The van der Waals surface area contributed by atoms with Crippen LogP contribution in [-0.2, 0) is 12.8 Å². The third-order valence-corrected chi connectivity index (χ3v) is 5.03. The topological polar surface area (TPSA) is 24.9 Å². The van der Waals surface area contributed by atoms with Crippen LogP contribution in [0.3, 0.4) is 0 Å². The summed E-state index contributed by atoms with van der Waals surface area (Å²) in [7, 11) is 0. The lowest BCUT2D eigenvalue weighted by atomic mass is 9.92. The second-order valence-corrected chi connectivity index (χ2v) is 6.47. The van der Waals surface area contributed by atoms with Crippen LogP contribution in [-0.4, -0.2) is 11.5 Å². The van der Waals surface area contributed by atoms with Crippen molar-refractivity contribution in [3.05, 3.63) is 33.4 Å². The molecule has 0 aliphatic heterocycles. The monoisotopic (exact) mass is 332 g/mol. The molecule has 1 aromatic heterocycles. The zero-order valence-corrected chi connectivity index (χ0v) is 13.8. The van der Waals surface area contributed by atoms with Gasteiger partial charge in [-0.1, -0.05) is 22.9 Å². The van der Waals surface area contributed by atoms with Crippen molar-refractivity contribution < 1.29 is 0 Å². The van der Waals surface area contributed by atoms with Crippen LogP contribution in [0.5, 0.6) is 0 Å². The summed E-state index contributed by atoms with van der Waals surface area (Å²) in [5.41, 5.74) is 6.50. The van der Waals surface area contributed by atoms with Crippen molar-refractivity contribution in [3.63, 3.8) is 0 Å². The molecular formula is C17H21BrN2. The molecule has 0 spiro atoms. The van der Waals surface area contributed by atoms with Crippen LogP contribution in [0.4, 0.5) is 5.69 Å². The summed E-state index contributed by atoms with van der Waals surface area (Å²) in [5.74, 6) is 0. The molecule has 0 fully saturated rings. The molecule has 0 unspecified atom stereocenters. The average molecular weight is 333 g/mol. The van der Waals surface area contributed by atoms with Gasteiger partial charge in [-0.15, -0.1) is 0 Å². The summed E-state index contributed by atoms with van der Waals surface area (Å²) in [6, 6.07) is 4.35. The number of nitrogens with zero attached hydrogens (tertiary/aromatic N) is 1. The van der Waals surface area contributed by atoms with Crippen LogP contribution in [0.15, 0.2) is 16.6 Å². The van der Waals surface area contributed by atoms with E-state index >= 15 is 0 Å². The number of aromatic nitrogens is 1. The summed E-state index contributed by atoms with van der Waals surface area (Å²) < 4.78 is 1.15. The van der Waals surface area contributed by atoms with Gasteiger partial charge in [0.1, 0.15) is 0 Å². The first-order chi connectivity index (χ1) is 9.72. The standard InChI is InChI=1S/C17H21BrN2/c1-3-10-19-17-12-6-4-5-7-15(12)20-16-11(2)14(18)9-8-13(16)17/h8-9H,3-7,10H2,1-2H3,(H,19,20). The smallest absolute Gasteiger partial charge is 0.0766 e. The van der Waals surface area contributed by atoms with Crippen LogP contribution >= 0.6 is 15.9 Å². The van der Waals surface area contributed by atoms with Crippen molar-refractivity contribution >= 4 is 32.5 Å². The third-order valence-electron chi connectivity index (χ3n) is 4.17. The van der Waals surface area contributed by atoms with Gasteiger partial charge in [0.15, 0.2) is 0 Å². The van der Waals surface area contributed by atoms with Gasteiger partial charge in [0, 0.05) is 27.8 Å². The Kier molecular flexibility index (Phi) is 3.97. The van der Waals surface area contributed by atoms with Crippen molar-refractivity contribution in [2.45, 2.75) is 46.0 Å². The highest BCUT2D eigenvalue weighted by molar-refractivity contribution is 9.10. The number of nitrogens with one attached hydrogen (secondary N) is 1. The van der Waals surface area contributed by atoms with E-state index in [0.29, 0.717) is 0 Å². The molecule has 0 radical (unpaired) electrons. The summed E-state index contributed by atoms with van der Waals surface area (Å²) in [4.78, 5) is 4.97. The molecule has 2 aromatic rings. The fraction of sp³-hybridized carbons (Fsp3) is 0.471. The Morgan fingerprint density at radius 1 is 1.25 bits per heavy atom. The lowest BCUT2D eigenvalue weighted by Crippen LogP contribution is -2.12. The Morgan fingerprint density at radius 2 is 2.05 bits per heavy atom. The Morgan fingerprint density at radius 3 is 2.85 bits per heavy atom. The molecule has 3 heteroatoms. The second kappa shape index (κ2) is 5.72. The van der Waals surface area contributed by atoms with Gasteiger partial charge in [0.2, 0.25) is 0 Å². The summed E-state index contributed by atoms with van der Waals surface area (Å²) >= 11 is 3.63. The van der Waals surface area contributed by atoms with Gasteiger partial charge < -0.3 is 5.32 Å². The minimum atomic E-state index is 1.03. The molecule has 0 atom stereocenters. The van der Waals surface area contributed by atoms with Gasteiger partial charge in [-0.3, -0.25) is 4.98 Å². The van der Waals surface area contributed by atoms with Crippen molar-refractivity contribution in [1.82, 2.24) is 4.98 Å². The van der Waals surface area contributed by atoms with Crippen molar-refractivity contribution in [2.75, 3.05) is 11.9 Å². The molecule has 0 saturated carbocycles. The Balaban J connectivity index is 2.27. The molecule has 1 heterocycles. The van der Waals surface area contributed by atoms with E-state index in [1.54, 1.807) is 0 Å². The molecule has 1 aliphatic rings. The lowest BCUT2D eigenvalue weighted by molar-refractivity contribution is 0.671. The van der Waals surface area contributed by atoms with Gasteiger partial charge in [0.05, 0.1) is 5.52 Å². The minimum Gasteiger partial charge on any atom is -0.384 e.